The van der Waals surface area contributed by atoms with Crippen molar-refractivity contribution in [1.82, 2.24) is 9.03 Å². The van der Waals surface area contributed by atoms with Crippen LogP contribution in [0.5, 0.6) is 0 Å². The van der Waals surface area contributed by atoms with Crippen LogP contribution in [0.4, 0.5) is 0 Å². The monoisotopic (exact) mass is 290 g/mol. The van der Waals surface area contributed by atoms with Gasteiger partial charge >= 0.3 is 0 Å². The second-order valence-corrected chi connectivity index (χ2v) is 7.96. The first-order chi connectivity index (χ1) is 8.94. The number of rotatable bonds is 7. The molecule has 0 saturated heterocycles. The van der Waals surface area contributed by atoms with Crippen LogP contribution in [0.15, 0.2) is 0 Å². The lowest BCUT2D eigenvalue weighted by Gasteiger charge is -2.29. The van der Waals surface area contributed by atoms with Gasteiger partial charge in [-0.3, -0.25) is 0 Å². The van der Waals surface area contributed by atoms with Crippen LogP contribution in [0.2, 0.25) is 0 Å². The summed E-state index contributed by atoms with van der Waals surface area (Å²) in [6.07, 6.45) is 5.53. The Hall–Kier alpha value is -0.170. The van der Waals surface area contributed by atoms with Crippen LogP contribution in [-0.2, 0) is 10.2 Å². The molecule has 6 heteroatoms. The minimum absolute atomic E-state index is 0.0110. The predicted molar refractivity (Wildman–Crippen MR) is 74.8 cm³/mol. The summed E-state index contributed by atoms with van der Waals surface area (Å²) in [4.78, 5) is 0. The number of aliphatic hydroxyl groups excluding tert-OH is 1. The van der Waals surface area contributed by atoms with Crippen LogP contribution in [0.3, 0.4) is 0 Å². The Morgan fingerprint density at radius 3 is 2.63 bits per heavy atom. The van der Waals surface area contributed by atoms with Crippen LogP contribution in [-0.4, -0.2) is 44.1 Å². The molecule has 2 fully saturated rings. The largest absolute Gasteiger partial charge is 0.396 e. The number of nitrogens with one attached hydrogen (secondary N) is 1. The average molecular weight is 290 g/mol. The highest BCUT2D eigenvalue weighted by molar-refractivity contribution is 7.87. The number of nitrogens with zero attached hydrogens (tertiary/aromatic N) is 1. The number of hydrogen-bond acceptors (Lipinski definition) is 3. The predicted octanol–water partition coefficient (Wildman–Crippen LogP) is 0.960. The van der Waals surface area contributed by atoms with E-state index < -0.39 is 10.2 Å². The summed E-state index contributed by atoms with van der Waals surface area (Å²) >= 11 is 0. The molecule has 0 aliphatic heterocycles. The van der Waals surface area contributed by atoms with Crippen LogP contribution in [0.25, 0.3) is 0 Å². The zero-order chi connectivity index (χ0) is 14.0. The van der Waals surface area contributed by atoms with E-state index in [9.17, 15) is 8.42 Å². The first kappa shape index (κ1) is 15.2. The topological polar surface area (TPSA) is 69.6 Å². The quantitative estimate of drug-likeness (QED) is 0.734. The van der Waals surface area contributed by atoms with Gasteiger partial charge in [-0.2, -0.15) is 17.4 Å². The van der Waals surface area contributed by atoms with Crippen molar-refractivity contribution in [2.45, 2.75) is 45.1 Å². The molecule has 4 atom stereocenters. The molecule has 2 bridgehead atoms. The first-order valence-corrected chi connectivity index (χ1v) is 8.72. The zero-order valence-electron chi connectivity index (χ0n) is 11.9. The summed E-state index contributed by atoms with van der Waals surface area (Å²) in [6, 6.07) is 0.0110. The average Bonchev–Trinajstić information content (AvgIpc) is 2.97. The molecule has 2 aliphatic carbocycles. The van der Waals surface area contributed by atoms with Crippen LogP contribution >= 0.6 is 0 Å². The van der Waals surface area contributed by atoms with Gasteiger partial charge in [0.2, 0.25) is 0 Å². The Morgan fingerprint density at radius 1 is 1.37 bits per heavy atom. The van der Waals surface area contributed by atoms with Crippen molar-refractivity contribution in [3.05, 3.63) is 0 Å². The van der Waals surface area contributed by atoms with Crippen LogP contribution in [0, 0.1) is 17.8 Å². The lowest BCUT2D eigenvalue weighted by Crippen LogP contribution is -2.46. The summed E-state index contributed by atoms with van der Waals surface area (Å²) in [6.45, 7) is 2.36. The fourth-order valence-corrected chi connectivity index (χ4v) is 4.93. The Balaban J connectivity index is 1.89. The number of fused-ring (bicyclic) bond motifs is 2. The molecule has 0 radical (unpaired) electrons. The third-order valence-corrected chi connectivity index (χ3v) is 6.48. The molecule has 4 unspecified atom stereocenters. The molecule has 2 N–H and O–H groups in total. The summed E-state index contributed by atoms with van der Waals surface area (Å²) in [5, 5.41) is 8.76. The second-order valence-electron chi connectivity index (χ2n) is 6.15. The van der Waals surface area contributed by atoms with Gasteiger partial charge in [0.1, 0.15) is 0 Å². The molecule has 2 saturated carbocycles. The lowest BCUT2D eigenvalue weighted by atomic mass is 9.84. The summed E-state index contributed by atoms with van der Waals surface area (Å²) in [5.74, 6) is 2.04. The number of aliphatic hydroxyl groups is 1. The van der Waals surface area contributed by atoms with Crippen LogP contribution < -0.4 is 4.72 Å². The van der Waals surface area contributed by atoms with E-state index in [1.165, 1.54) is 30.0 Å². The highest BCUT2D eigenvalue weighted by Gasteiger charge is 2.42. The molecule has 0 amide bonds. The SMILES string of the molecule is CC(NS(=O)(=O)N(C)CCCO)C1CC2CCC1C2. The normalized spacial score (nSPS) is 32.1. The number of hydrogen-bond donors (Lipinski definition) is 2. The molecule has 2 aliphatic rings. The fourth-order valence-electron chi connectivity index (χ4n) is 3.73. The molecule has 0 spiro atoms. The van der Waals surface area contributed by atoms with Crippen molar-refractivity contribution in [3.63, 3.8) is 0 Å². The van der Waals surface area contributed by atoms with Gasteiger partial charge in [0.25, 0.3) is 10.2 Å². The lowest BCUT2D eigenvalue weighted by molar-refractivity contribution is 0.267. The summed E-state index contributed by atoms with van der Waals surface area (Å²) in [7, 11) is -1.85. The second kappa shape index (κ2) is 6.08. The van der Waals surface area contributed by atoms with Gasteiger partial charge in [-0.05, 0) is 50.4 Å². The van der Waals surface area contributed by atoms with E-state index in [4.69, 9.17) is 5.11 Å². The zero-order valence-corrected chi connectivity index (χ0v) is 12.7. The van der Waals surface area contributed by atoms with E-state index in [-0.39, 0.29) is 12.6 Å². The smallest absolute Gasteiger partial charge is 0.279 e. The highest BCUT2D eigenvalue weighted by atomic mass is 32.2. The van der Waals surface area contributed by atoms with E-state index in [1.54, 1.807) is 7.05 Å². The Morgan fingerprint density at radius 2 is 2.11 bits per heavy atom. The van der Waals surface area contributed by atoms with Gasteiger partial charge in [0.15, 0.2) is 0 Å². The third-order valence-electron chi connectivity index (χ3n) is 4.81. The maximum atomic E-state index is 12.1. The minimum Gasteiger partial charge on any atom is -0.396 e. The van der Waals surface area contributed by atoms with E-state index in [2.05, 4.69) is 4.72 Å². The van der Waals surface area contributed by atoms with Gasteiger partial charge in [0, 0.05) is 26.2 Å². The molecule has 0 aromatic carbocycles. The van der Waals surface area contributed by atoms with E-state index in [0.717, 1.165) is 5.92 Å². The standard InChI is InChI=1S/C13H26N2O3S/c1-10(13-9-11-4-5-12(13)8-11)14-19(17,18)15(2)6-3-7-16/h10-14,16H,3-9H2,1-2H3. The van der Waals surface area contributed by atoms with Crippen LogP contribution in [0.1, 0.15) is 39.0 Å². The van der Waals surface area contributed by atoms with Crippen molar-refractivity contribution < 1.29 is 13.5 Å². The summed E-state index contributed by atoms with van der Waals surface area (Å²) < 4.78 is 28.4. The maximum Gasteiger partial charge on any atom is 0.279 e. The molecule has 19 heavy (non-hydrogen) atoms. The van der Waals surface area contributed by atoms with E-state index in [0.29, 0.717) is 24.8 Å². The van der Waals surface area contributed by atoms with Crippen molar-refractivity contribution in [2.75, 3.05) is 20.2 Å². The first-order valence-electron chi connectivity index (χ1n) is 7.28. The Labute approximate surface area is 116 Å². The maximum absolute atomic E-state index is 12.1. The van der Waals surface area contributed by atoms with Gasteiger partial charge in [-0.25, -0.2) is 0 Å². The Kier molecular flexibility index (Phi) is 4.87. The van der Waals surface area contributed by atoms with Gasteiger partial charge in [0.05, 0.1) is 0 Å². The van der Waals surface area contributed by atoms with Crippen molar-refractivity contribution >= 4 is 10.2 Å². The molecule has 0 heterocycles. The summed E-state index contributed by atoms with van der Waals surface area (Å²) in [5.41, 5.74) is 0. The fraction of sp³-hybridized carbons (Fsp3) is 1.00. The van der Waals surface area contributed by atoms with Gasteiger partial charge < -0.3 is 5.11 Å². The van der Waals surface area contributed by atoms with E-state index >= 15 is 0 Å². The molecular formula is C13H26N2O3S. The molecule has 5 nitrogen and oxygen atoms in total. The van der Waals surface area contributed by atoms with Crippen molar-refractivity contribution in [2.24, 2.45) is 17.8 Å². The van der Waals surface area contributed by atoms with Gasteiger partial charge in [-0.15, -0.1) is 0 Å². The highest BCUT2D eigenvalue weighted by Crippen LogP contribution is 2.49. The van der Waals surface area contributed by atoms with Crippen molar-refractivity contribution in [3.8, 4) is 0 Å². The van der Waals surface area contributed by atoms with Crippen molar-refractivity contribution in [1.29, 1.82) is 0 Å². The van der Waals surface area contributed by atoms with Gasteiger partial charge in [-0.1, -0.05) is 6.42 Å². The Bertz CT molecular complexity index is 399. The molecule has 0 aromatic heterocycles. The molecular weight excluding hydrogens is 264 g/mol. The minimum atomic E-state index is -3.41. The molecule has 2 rings (SSSR count). The third kappa shape index (κ3) is 3.48. The van der Waals surface area contributed by atoms with E-state index in [1.807, 2.05) is 6.92 Å². The molecule has 112 valence electrons. The molecule has 0 aromatic rings.